The molecule has 8 nitrogen and oxygen atoms in total. The van der Waals surface area contributed by atoms with Gasteiger partial charge in [0.05, 0.1) is 11.1 Å². The number of hydrogen-bond donors (Lipinski definition) is 3. The summed E-state index contributed by atoms with van der Waals surface area (Å²) in [4.78, 5) is 27.9. The van der Waals surface area contributed by atoms with Crippen LogP contribution in [0.1, 0.15) is 35.8 Å². The van der Waals surface area contributed by atoms with Crippen LogP contribution in [0.5, 0.6) is 11.5 Å². The zero-order valence-electron chi connectivity index (χ0n) is 22.3. The van der Waals surface area contributed by atoms with E-state index in [0.717, 1.165) is 27.6 Å². The Labute approximate surface area is 243 Å². The van der Waals surface area contributed by atoms with Crippen LogP contribution in [-0.2, 0) is 0 Å². The molecule has 0 radical (unpaired) electrons. The number of ether oxygens (including phenoxy) is 1. The molecular weight excluding hydrogens is 567 g/mol. The van der Waals surface area contributed by atoms with Gasteiger partial charge in [0.2, 0.25) is 0 Å². The molecule has 0 aliphatic rings. The number of pyridine rings is 1. The van der Waals surface area contributed by atoms with Crippen LogP contribution in [-0.4, -0.2) is 32.3 Å². The average molecular weight is 592 g/mol. The molecule has 0 spiro atoms. The molecule has 0 saturated carbocycles. The second kappa shape index (κ2) is 12.0. The van der Waals surface area contributed by atoms with Gasteiger partial charge in [0.25, 0.3) is 5.91 Å². The van der Waals surface area contributed by atoms with Gasteiger partial charge in [0.1, 0.15) is 23.6 Å². The highest BCUT2D eigenvalue weighted by molar-refractivity contribution is 7.99. The van der Waals surface area contributed by atoms with Crippen molar-refractivity contribution in [3.63, 3.8) is 0 Å². The Kier molecular flexibility index (Phi) is 8.16. The van der Waals surface area contributed by atoms with E-state index in [4.69, 9.17) is 0 Å². The number of phenols is 1. The largest absolute Gasteiger partial charge is 0.573 e. The fourth-order valence-corrected chi connectivity index (χ4v) is 4.86. The summed E-state index contributed by atoms with van der Waals surface area (Å²) in [5, 5.41) is 16.4. The molecule has 3 N–H and O–H groups in total. The molecule has 2 aromatic heterocycles. The van der Waals surface area contributed by atoms with E-state index in [1.165, 1.54) is 30.2 Å². The van der Waals surface area contributed by atoms with E-state index in [9.17, 15) is 23.1 Å². The van der Waals surface area contributed by atoms with Gasteiger partial charge in [-0.2, -0.15) is 0 Å². The number of halogens is 3. The second-order valence-corrected chi connectivity index (χ2v) is 10.6. The highest BCUT2D eigenvalue weighted by Gasteiger charge is 2.31. The zero-order valence-corrected chi connectivity index (χ0v) is 23.1. The molecule has 0 unspecified atom stereocenters. The predicted molar refractivity (Wildman–Crippen MR) is 154 cm³/mol. The van der Waals surface area contributed by atoms with Crippen LogP contribution in [0.2, 0.25) is 0 Å². The summed E-state index contributed by atoms with van der Waals surface area (Å²) in [5.41, 5.74) is 2.39. The fourth-order valence-electron chi connectivity index (χ4n) is 3.98. The molecule has 1 amide bonds. The first-order valence-electron chi connectivity index (χ1n) is 12.7. The first-order chi connectivity index (χ1) is 20.0. The van der Waals surface area contributed by atoms with Crippen LogP contribution in [0.3, 0.4) is 0 Å². The fraction of sp³-hybridized carbons (Fsp3) is 0.133. The number of nitrogens with one attached hydrogen (secondary N) is 2. The van der Waals surface area contributed by atoms with Crippen molar-refractivity contribution in [3.05, 3.63) is 96.4 Å². The second-order valence-electron chi connectivity index (χ2n) is 9.45. The first-order valence-corrected chi connectivity index (χ1v) is 13.5. The Morgan fingerprint density at radius 2 is 1.76 bits per heavy atom. The number of rotatable bonds is 8. The molecule has 42 heavy (non-hydrogen) atoms. The van der Waals surface area contributed by atoms with Crippen molar-refractivity contribution in [3.8, 4) is 11.5 Å². The number of amides is 1. The lowest BCUT2D eigenvalue weighted by Gasteiger charge is -2.15. The number of fused-ring (bicyclic) bond motifs is 1. The number of aromatic hydroxyl groups is 1. The van der Waals surface area contributed by atoms with Crippen LogP contribution in [0.4, 0.5) is 30.4 Å². The van der Waals surface area contributed by atoms with Gasteiger partial charge in [-0.1, -0.05) is 31.7 Å². The number of nitrogens with zero attached hydrogens (tertiary/aromatic N) is 3. The molecule has 0 fully saturated rings. The van der Waals surface area contributed by atoms with Gasteiger partial charge in [-0.05, 0) is 78.7 Å². The maximum Gasteiger partial charge on any atom is 0.573 e. The summed E-state index contributed by atoms with van der Waals surface area (Å²) in [6, 6.07) is 20.5. The lowest BCUT2D eigenvalue weighted by atomic mass is 10.1. The maximum atomic E-state index is 12.9. The average Bonchev–Trinajstić information content (AvgIpc) is 2.94. The van der Waals surface area contributed by atoms with Crippen molar-refractivity contribution in [1.29, 1.82) is 0 Å². The molecule has 12 heteroatoms. The summed E-state index contributed by atoms with van der Waals surface area (Å²) in [6.07, 6.45) is -3.46. The maximum absolute atomic E-state index is 12.9. The quantitative estimate of drug-likeness (QED) is 0.167. The molecule has 5 rings (SSSR count). The number of benzene rings is 3. The van der Waals surface area contributed by atoms with Crippen molar-refractivity contribution in [2.24, 2.45) is 0 Å². The van der Waals surface area contributed by atoms with Gasteiger partial charge in [0, 0.05) is 26.7 Å². The lowest BCUT2D eigenvalue weighted by Crippen LogP contribution is -2.18. The molecule has 0 atom stereocenters. The highest BCUT2D eigenvalue weighted by atomic mass is 32.2. The number of carbonyl (C=O) groups excluding carboxylic acids is 1. The number of hydrogen-bond acceptors (Lipinski definition) is 8. The SMILES string of the molecule is CC(C)c1ccc2c(Nc3cc(NC(=O)c4cccc(OC(F)(F)F)c4)ccc3Sc3ccc(O)cc3)ncnc2n1. The van der Waals surface area contributed by atoms with Crippen LogP contribution in [0.15, 0.2) is 95.0 Å². The van der Waals surface area contributed by atoms with Crippen molar-refractivity contribution in [2.75, 3.05) is 10.6 Å². The first kappa shape index (κ1) is 28.7. The van der Waals surface area contributed by atoms with E-state index in [1.807, 2.05) is 26.0 Å². The minimum atomic E-state index is -4.88. The Morgan fingerprint density at radius 1 is 0.976 bits per heavy atom. The van der Waals surface area contributed by atoms with Crippen molar-refractivity contribution >= 4 is 45.9 Å². The third-order valence-electron chi connectivity index (χ3n) is 6.00. The molecular formula is C30H24F3N5O3S. The third-order valence-corrected chi connectivity index (χ3v) is 7.08. The molecule has 3 aromatic carbocycles. The number of carbonyl (C=O) groups is 1. The van der Waals surface area contributed by atoms with Crippen LogP contribution >= 0.6 is 11.8 Å². The minimum absolute atomic E-state index is 0.0115. The van der Waals surface area contributed by atoms with E-state index < -0.39 is 18.0 Å². The van der Waals surface area contributed by atoms with E-state index >= 15 is 0 Å². The van der Waals surface area contributed by atoms with Crippen molar-refractivity contribution < 1.29 is 27.8 Å². The number of alkyl halides is 3. The molecule has 0 saturated heterocycles. The topological polar surface area (TPSA) is 109 Å². The minimum Gasteiger partial charge on any atom is -0.508 e. The normalized spacial score (nSPS) is 11.5. The Bertz CT molecular complexity index is 1750. The monoisotopic (exact) mass is 591 g/mol. The van der Waals surface area contributed by atoms with Crippen molar-refractivity contribution in [2.45, 2.75) is 35.9 Å². The summed E-state index contributed by atoms with van der Waals surface area (Å²) >= 11 is 1.42. The van der Waals surface area contributed by atoms with Gasteiger partial charge in [-0.25, -0.2) is 15.0 Å². The highest BCUT2D eigenvalue weighted by Crippen LogP contribution is 2.38. The van der Waals surface area contributed by atoms with Gasteiger partial charge in [-0.3, -0.25) is 4.79 Å². The van der Waals surface area contributed by atoms with Crippen LogP contribution in [0.25, 0.3) is 11.0 Å². The number of anilines is 3. The molecule has 0 bridgehead atoms. The molecule has 5 aromatic rings. The van der Waals surface area contributed by atoms with Gasteiger partial charge in [0.15, 0.2) is 5.65 Å². The third kappa shape index (κ3) is 7.07. The Hall–Kier alpha value is -4.84. The van der Waals surface area contributed by atoms with Gasteiger partial charge >= 0.3 is 6.36 Å². The molecule has 2 heterocycles. The standard InChI is InChI=1S/C30H24F3N5O3S/c1-17(2)24-12-11-23-27(37-24)34-16-35-28(23)38-25-15-19(6-13-26(25)42-22-9-7-20(39)8-10-22)36-29(40)18-4-3-5-21(14-18)41-30(31,32)33/h3-17,39H,1-2H3,(H,36,40)(H,34,35,37,38). The van der Waals surface area contributed by atoms with Gasteiger partial charge < -0.3 is 20.5 Å². The number of aromatic nitrogens is 3. The molecule has 0 aliphatic heterocycles. The summed E-state index contributed by atoms with van der Waals surface area (Å²) in [5.74, 6) is -0.263. The summed E-state index contributed by atoms with van der Waals surface area (Å²) < 4.78 is 41.9. The summed E-state index contributed by atoms with van der Waals surface area (Å²) in [7, 11) is 0. The van der Waals surface area contributed by atoms with Crippen LogP contribution < -0.4 is 15.4 Å². The Morgan fingerprint density at radius 3 is 2.50 bits per heavy atom. The van der Waals surface area contributed by atoms with Crippen LogP contribution in [0, 0.1) is 0 Å². The predicted octanol–water partition coefficient (Wildman–Crippen LogP) is 7.90. The van der Waals surface area contributed by atoms with Gasteiger partial charge in [-0.15, -0.1) is 13.2 Å². The number of phenolic OH excluding ortho intramolecular Hbond substituents is 1. The summed E-state index contributed by atoms with van der Waals surface area (Å²) in [6.45, 7) is 4.08. The van der Waals surface area contributed by atoms with Crippen molar-refractivity contribution in [1.82, 2.24) is 15.0 Å². The smallest absolute Gasteiger partial charge is 0.508 e. The van der Waals surface area contributed by atoms with E-state index in [0.29, 0.717) is 28.2 Å². The Balaban J connectivity index is 1.47. The van der Waals surface area contributed by atoms with E-state index in [-0.39, 0.29) is 17.2 Å². The molecule has 214 valence electrons. The van der Waals surface area contributed by atoms with E-state index in [2.05, 4.69) is 30.3 Å². The molecule has 0 aliphatic carbocycles. The lowest BCUT2D eigenvalue weighted by molar-refractivity contribution is -0.274. The zero-order chi connectivity index (χ0) is 29.9. The van der Waals surface area contributed by atoms with E-state index in [1.54, 1.807) is 42.5 Å².